The van der Waals surface area contributed by atoms with Gasteiger partial charge in [-0.15, -0.1) is 11.3 Å². The number of thiophene rings is 1. The van der Waals surface area contributed by atoms with Gasteiger partial charge in [-0.2, -0.15) is 0 Å². The summed E-state index contributed by atoms with van der Waals surface area (Å²) in [5.41, 5.74) is 1.58. The Kier molecular flexibility index (Phi) is 5.65. The first-order valence-corrected chi connectivity index (χ1v) is 10.8. The van der Waals surface area contributed by atoms with E-state index in [-0.39, 0.29) is 15.5 Å². The number of halogens is 2. The molecule has 1 N–H and O–H groups in total. The van der Waals surface area contributed by atoms with E-state index in [4.69, 9.17) is 11.6 Å². The standard InChI is InChI=1S/C19H17ClFNO2S2/c1-2-4-13-7-9-14(10-8-13)26(23,24)22-17-11-12-25-19(17)18-15(20)5-3-6-16(18)21/h3,5-12,22H,2,4H2,1H3. The molecule has 1 aromatic heterocycles. The van der Waals surface area contributed by atoms with Gasteiger partial charge >= 0.3 is 0 Å². The van der Waals surface area contributed by atoms with E-state index in [1.165, 1.54) is 23.5 Å². The van der Waals surface area contributed by atoms with Crippen LogP contribution in [0, 0.1) is 5.82 Å². The van der Waals surface area contributed by atoms with E-state index >= 15 is 0 Å². The lowest BCUT2D eigenvalue weighted by Crippen LogP contribution is -2.13. The highest BCUT2D eigenvalue weighted by Crippen LogP contribution is 2.40. The molecule has 1 heterocycles. The van der Waals surface area contributed by atoms with E-state index in [2.05, 4.69) is 11.6 Å². The highest BCUT2D eigenvalue weighted by atomic mass is 35.5. The number of anilines is 1. The summed E-state index contributed by atoms with van der Waals surface area (Å²) in [6.07, 6.45) is 1.89. The van der Waals surface area contributed by atoms with Crippen molar-refractivity contribution in [3.05, 3.63) is 70.3 Å². The molecule has 0 spiro atoms. The zero-order valence-corrected chi connectivity index (χ0v) is 16.4. The van der Waals surface area contributed by atoms with E-state index in [1.54, 1.807) is 41.8 Å². The van der Waals surface area contributed by atoms with Crippen LogP contribution in [0.4, 0.5) is 10.1 Å². The van der Waals surface area contributed by atoms with Gasteiger partial charge in [0.25, 0.3) is 10.0 Å². The van der Waals surface area contributed by atoms with Crippen molar-refractivity contribution in [3.8, 4) is 10.4 Å². The van der Waals surface area contributed by atoms with Crippen LogP contribution in [0.3, 0.4) is 0 Å². The number of sulfonamides is 1. The zero-order chi connectivity index (χ0) is 18.7. The maximum Gasteiger partial charge on any atom is 0.261 e. The van der Waals surface area contributed by atoms with Crippen molar-refractivity contribution < 1.29 is 12.8 Å². The molecule has 3 aromatic rings. The molecular formula is C19H17ClFNO2S2. The van der Waals surface area contributed by atoms with Crippen LogP contribution in [0.15, 0.2) is 58.8 Å². The summed E-state index contributed by atoms with van der Waals surface area (Å²) in [5.74, 6) is -0.496. The largest absolute Gasteiger partial charge is 0.278 e. The van der Waals surface area contributed by atoms with Crippen LogP contribution < -0.4 is 4.72 Å². The first-order chi connectivity index (χ1) is 12.4. The van der Waals surface area contributed by atoms with Gasteiger partial charge in [0, 0.05) is 5.56 Å². The van der Waals surface area contributed by atoms with Crippen LogP contribution in [-0.4, -0.2) is 8.42 Å². The van der Waals surface area contributed by atoms with Crippen molar-refractivity contribution in [2.45, 2.75) is 24.7 Å². The summed E-state index contributed by atoms with van der Waals surface area (Å²) < 4.78 is 42.1. The van der Waals surface area contributed by atoms with Gasteiger partial charge in [0.15, 0.2) is 0 Å². The molecule has 0 amide bonds. The van der Waals surface area contributed by atoms with Gasteiger partial charge < -0.3 is 0 Å². The molecule has 0 saturated heterocycles. The number of aryl methyl sites for hydroxylation is 1. The summed E-state index contributed by atoms with van der Waals surface area (Å²) in [7, 11) is -3.78. The third-order valence-electron chi connectivity index (χ3n) is 3.87. The van der Waals surface area contributed by atoms with Crippen molar-refractivity contribution in [1.29, 1.82) is 0 Å². The third kappa shape index (κ3) is 3.92. The summed E-state index contributed by atoms with van der Waals surface area (Å²) in [4.78, 5) is 0.605. The second kappa shape index (κ2) is 7.78. The van der Waals surface area contributed by atoms with Crippen LogP contribution in [0.5, 0.6) is 0 Å². The molecule has 2 aromatic carbocycles. The van der Waals surface area contributed by atoms with Gasteiger partial charge in [0.2, 0.25) is 0 Å². The monoisotopic (exact) mass is 409 g/mol. The minimum absolute atomic E-state index is 0.161. The molecule has 0 aliphatic carbocycles. The lowest BCUT2D eigenvalue weighted by molar-refractivity contribution is 0.601. The van der Waals surface area contributed by atoms with Crippen LogP contribution in [0.25, 0.3) is 10.4 Å². The zero-order valence-electron chi connectivity index (χ0n) is 14.0. The van der Waals surface area contributed by atoms with E-state index in [0.717, 1.165) is 18.4 Å². The van der Waals surface area contributed by atoms with Crippen molar-refractivity contribution in [2.24, 2.45) is 0 Å². The molecule has 0 radical (unpaired) electrons. The van der Waals surface area contributed by atoms with E-state index in [1.807, 2.05) is 0 Å². The number of hydrogen-bond donors (Lipinski definition) is 1. The fraction of sp³-hybridized carbons (Fsp3) is 0.158. The molecule has 0 aliphatic rings. The molecule has 0 unspecified atom stereocenters. The Labute approximate surface area is 161 Å². The molecule has 3 nitrogen and oxygen atoms in total. The Morgan fingerprint density at radius 3 is 2.50 bits per heavy atom. The van der Waals surface area contributed by atoms with E-state index in [0.29, 0.717) is 10.6 Å². The quantitative estimate of drug-likeness (QED) is 0.545. The smallest absolute Gasteiger partial charge is 0.261 e. The van der Waals surface area contributed by atoms with Crippen LogP contribution >= 0.6 is 22.9 Å². The van der Waals surface area contributed by atoms with Crippen molar-refractivity contribution in [1.82, 2.24) is 0 Å². The van der Waals surface area contributed by atoms with Crippen LogP contribution in [0.2, 0.25) is 5.02 Å². The van der Waals surface area contributed by atoms with Gasteiger partial charge in [-0.1, -0.05) is 43.1 Å². The third-order valence-corrected chi connectivity index (χ3v) is 6.50. The Bertz CT molecular complexity index is 994. The SMILES string of the molecule is CCCc1ccc(S(=O)(=O)Nc2ccsc2-c2c(F)cccc2Cl)cc1. The minimum atomic E-state index is -3.78. The van der Waals surface area contributed by atoms with E-state index < -0.39 is 15.8 Å². The molecule has 7 heteroatoms. The number of nitrogens with one attached hydrogen (secondary N) is 1. The normalized spacial score (nSPS) is 11.5. The summed E-state index contributed by atoms with van der Waals surface area (Å²) in [6.45, 7) is 2.07. The maximum absolute atomic E-state index is 14.2. The lowest BCUT2D eigenvalue weighted by atomic mass is 10.1. The average molecular weight is 410 g/mol. The molecule has 0 bridgehead atoms. The second-order valence-electron chi connectivity index (χ2n) is 5.76. The number of hydrogen-bond acceptors (Lipinski definition) is 3. The van der Waals surface area contributed by atoms with Crippen molar-refractivity contribution in [2.75, 3.05) is 4.72 Å². The topological polar surface area (TPSA) is 46.2 Å². The fourth-order valence-electron chi connectivity index (χ4n) is 2.63. The first kappa shape index (κ1) is 18.9. The Hall–Kier alpha value is -1.89. The summed E-state index contributed by atoms with van der Waals surface area (Å²) in [6, 6.07) is 12.8. The molecule has 26 heavy (non-hydrogen) atoms. The number of benzene rings is 2. The average Bonchev–Trinajstić information content (AvgIpc) is 3.03. The highest BCUT2D eigenvalue weighted by molar-refractivity contribution is 7.92. The van der Waals surface area contributed by atoms with Crippen molar-refractivity contribution >= 4 is 38.6 Å². The molecule has 0 aliphatic heterocycles. The molecular weight excluding hydrogens is 393 g/mol. The molecule has 0 atom stereocenters. The van der Waals surface area contributed by atoms with Gasteiger partial charge in [-0.25, -0.2) is 12.8 Å². The first-order valence-electron chi connectivity index (χ1n) is 8.06. The Balaban J connectivity index is 1.93. The van der Waals surface area contributed by atoms with Crippen LogP contribution in [0.1, 0.15) is 18.9 Å². The van der Waals surface area contributed by atoms with Crippen molar-refractivity contribution in [3.63, 3.8) is 0 Å². The minimum Gasteiger partial charge on any atom is -0.278 e. The van der Waals surface area contributed by atoms with Gasteiger partial charge in [0.1, 0.15) is 5.82 Å². The molecule has 136 valence electrons. The predicted molar refractivity (Wildman–Crippen MR) is 106 cm³/mol. The summed E-state index contributed by atoms with van der Waals surface area (Å²) in [5, 5.41) is 1.93. The Morgan fingerprint density at radius 1 is 1.12 bits per heavy atom. The van der Waals surface area contributed by atoms with Gasteiger partial charge in [-0.3, -0.25) is 4.72 Å². The molecule has 0 fully saturated rings. The molecule has 0 saturated carbocycles. The lowest BCUT2D eigenvalue weighted by Gasteiger charge is -2.11. The maximum atomic E-state index is 14.2. The number of rotatable bonds is 6. The van der Waals surface area contributed by atoms with Gasteiger partial charge in [0.05, 0.1) is 20.5 Å². The second-order valence-corrected chi connectivity index (χ2v) is 8.77. The predicted octanol–water partition coefficient (Wildman–Crippen LogP) is 5.96. The fourth-order valence-corrected chi connectivity index (χ4v) is 4.99. The Morgan fingerprint density at radius 2 is 1.85 bits per heavy atom. The summed E-state index contributed by atoms with van der Waals surface area (Å²) >= 11 is 7.34. The van der Waals surface area contributed by atoms with E-state index in [9.17, 15) is 12.8 Å². The highest BCUT2D eigenvalue weighted by Gasteiger charge is 2.20. The van der Waals surface area contributed by atoms with Gasteiger partial charge in [-0.05, 0) is 47.7 Å². The molecule has 3 rings (SSSR count). The van der Waals surface area contributed by atoms with Crippen LogP contribution in [-0.2, 0) is 16.4 Å².